The molecule has 0 saturated heterocycles. The standard InChI is InChI=1S/C28H40NO6P/c1-16(2)23(26(30)33-11)29-36-34-24-19(12-17(31-9)14-21(24)27(3,4)5)20-13-18(32-10)15-22(25(20)35-36)28(6,7)8/h12-16,23,29H,1-11H3/t23-/m0/s1. The highest BCUT2D eigenvalue weighted by Gasteiger charge is 2.28. The molecule has 8 heteroatoms. The first-order chi connectivity index (χ1) is 16.7. The van der Waals surface area contributed by atoms with E-state index < -0.39 is 14.2 Å². The molecule has 0 fully saturated rings. The van der Waals surface area contributed by atoms with Crippen LogP contribution in [-0.2, 0) is 20.4 Å². The molecule has 1 aromatic heterocycles. The quantitative estimate of drug-likeness (QED) is 0.336. The number of carbonyl (C=O) groups excluding carboxylic acids is 1. The fourth-order valence-electron chi connectivity index (χ4n) is 4.10. The average Bonchev–Trinajstić information content (AvgIpc) is 2.95. The molecule has 0 bridgehead atoms. The molecule has 3 aromatic rings. The van der Waals surface area contributed by atoms with Crippen LogP contribution in [0.4, 0.5) is 0 Å². The van der Waals surface area contributed by atoms with Crippen LogP contribution in [-0.4, -0.2) is 33.3 Å². The normalized spacial score (nSPS) is 13.2. The molecule has 1 atom stereocenters. The summed E-state index contributed by atoms with van der Waals surface area (Å²) in [5.41, 5.74) is 2.83. The van der Waals surface area contributed by atoms with Crippen molar-refractivity contribution in [1.29, 1.82) is 0 Å². The van der Waals surface area contributed by atoms with Crippen LogP contribution in [0.25, 0.3) is 21.9 Å². The molecule has 0 saturated carbocycles. The van der Waals surface area contributed by atoms with Gasteiger partial charge in [0, 0.05) is 21.9 Å². The molecule has 36 heavy (non-hydrogen) atoms. The average molecular weight is 518 g/mol. The summed E-state index contributed by atoms with van der Waals surface area (Å²) in [6, 6.07) is 7.35. The maximum atomic E-state index is 12.6. The van der Waals surface area contributed by atoms with E-state index in [0.717, 1.165) is 33.4 Å². The largest absolute Gasteiger partial charge is 0.497 e. The highest BCUT2D eigenvalue weighted by atomic mass is 31.1. The van der Waals surface area contributed by atoms with Gasteiger partial charge in [-0.3, -0.25) is 4.79 Å². The van der Waals surface area contributed by atoms with Crippen molar-refractivity contribution < 1.29 is 27.4 Å². The van der Waals surface area contributed by atoms with E-state index in [-0.39, 0.29) is 22.7 Å². The molecule has 1 N–H and O–H groups in total. The Bertz CT molecular complexity index is 1210. The summed E-state index contributed by atoms with van der Waals surface area (Å²) in [6.45, 7) is 16.7. The fraction of sp³-hybridized carbons (Fsp3) is 0.536. The molecule has 0 amide bonds. The first kappa shape index (κ1) is 27.9. The van der Waals surface area contributed by atoms with Gasteiger partial charge in [0.25, 0.3) is 0 Å². The predicted octanol–water partition coefficient (Wildman–Crippen LogP) is 7.64. The zero-order valence-corrected chi connectivity index (χ0v) is 24.3. The molecule has 198 valence electrons. The van der Waals surface area contributed by atoms with E-state index >= 15 is 0 Å². The van der Waals surface area contributed by atoms with Crippen molar-refractivity contribution in [3.05, 3.63) is 35.4 Å². The molecule has 1 heterocycles. The fourth-order valence-corrected chi connectivity index (χ4v) is 5.60. The van der Waals surface area contributed by atoms with Gasteiger partial charge in [0.15, 0.2) is 0 Å². The molecule has 0 aliphatic carbocycles. The highest BCUT2D eigenvalue weighted by molar-refractivity contribution is 7.38. The number of nitrogens with one attached hydrogen (secondary N) is 1. The van der Waals surface area contributed by atoms with Crippen molar-refractivity contribution in [3.8, 4) is 11.5 Å². The van der Waals surface area contributed by atoms with Crippen molar-refractivity contribution in [2.24, 2.45) is 5.92 Å². The summed E-state index contributed by atoms with van der Waals surface area (Å²) in [5, 5.41) is 5.03. The summed E-state index contributed by atoms with van der Waals surface area (Å²) in [6.07, 6.45) is 0. The zero-order valence-electron chi connectivity index (χ0n) is 23.4. The van der Waals surface area contributed by atoms with E-state index in [4.69, 9.17) is 22.6 Å². The van der Waals surface area contributed by atoms with Crippen molar-refractivity contribution in [1.82, 2.24) is 0 Å². The van der Waals surface area contributed by atoms with Gasteiger partial charge >= 0.3 is 14.1 Å². The number of methoxy groups -OCH3 is 3. The SMILES string of the molecule is COC(=O)[C@@H](Np1oc2c(C(C)(C)C)cc(OC)cc2c2cc(OC)cc(C(C)(C)C)c2o1)C(C)C. The first-order valence-electron chi connectivity index (χ1n) is 12.2. The number of hydrogen-bond acceptors (Lipinski definition) is 7. The lowest BCUT2D eigenvalue weighted by atomic mass is 9.84. The van der Waals surface area contributed by atoms with Crippen molar-refractivity contribution in [2.75, 3.05) is 26.4 Å². The summed E-state index contributed by atoms with van der Waals surface area (Å²) in [4.78, 5) is 12.6. The lowest BCUT2D eigenvalue weighted by molar-refractivity contribution is -0.142. The molecule has 0 radical (unpaired) electrons. The number of carbonyl (C=O) groups is 1. The van der Waals surface area contributed by atoms with Crippen LogP contribution in [0.2, 0.25) is 0 Å². The molecule has 0 spiro atoms. The topological polar surface area (TPSA) is 83.1 Å². The van der Waals surface area contributed by atoms with Gasteiger partial charge in [0.2, 0.25) is 0 Å². The Kier molecular flexibility index (Phi) is 8.07. The van der Waals surface area contributed by atoms with Crippen molar-refractivity contribution in [3.63, 3.8) is 0 Å². The Labute approximate surface area is 215 Å². The third-order valence-electron chi connectivity index (χ3n) is 6.22. The molecule has 0 aliphatic rings. The summed E-state index contributed by atoms with van der Waals surface area (Å²) in [7, 11) is 2.94. The third kappa shape index (κ3) is 5.68. The molecular weight excluding hydrogens is 477 g/mol. The van der Waals surface area contributed by atoms with E-state index in [2.05, 4.69) is 46.6 Å². The molecule has 2 aromatic carbocycles. The summed E-state index contributed by atoms with van der Waals surface area (Å²) >= 11 is 0. The van der Waals surface area contributed by atoms with Crippen LogP contribution in [0.3, 0.4) is 0 Å². The molecule has 3 rings (SSSR count). The second-order valence-corrected chi connectivity index (χ2v) is 12.6. The Hall–Kier alpha value is -2.63. The van der Waals surface area contributed by atoms with Crippen LogP contribution >= 0.6 is 8.16 Å². The number of fused-ring (bicyclic) bond motifs is 3. The van der Waals surface area contributed by atoms with Crippen molar-refractivity contribution >= 4 is 36.1 Å². The van der Waals surface area contributed by atoms with Gasteiger partial charge in [0.1, 0.15) is 28.7 Å². The van der Waals surface area contributed by atoms with Crippen LogP contribution < -0.4 is 14.6 Å². The predicted molar refractivity (Wildman–Crippen MR) is 147 cm³/mol. The molecule has 0 aliphatic heterocycles. The van der Waals surface area contributed by atoms with Gasteiger partial charge in [-0.15, -0.1) is 0 Å². The minimum atomic E-state index is -1.77. The van der Waals surface area contributed by atoms with Gasteiger partial charge in [0.05, 0.1) is 21.3 Å². The number of ether oxygens (including phenoxy) is 3. The van der Waals surface area contributed by atoms with Crippen LogP contribution in [0.5, 0.6) is 11.5 Å². The second-order valence-electron chi connectivity index (χ2n) is 11.4. The van der Waals surface area contributed by atoms with Gasteiger partial charge < -0.3 is 22.6 Å². The Morgan fingerprint density at radius 2 is 1.22 bits per heavy atom. The van der Waals surface area contributed by atoms with E-state index in [1.165, 1.54) is 7.11 Å². The van der Waals surface area contributed by atoms with E-state index in [1.54, 1.807) is 14.2 Å². The minimum absolute atomic E-state index is 0.0368. The Morgan fingerprint density at radius 3 is 1.53 bits per heavy atom. The van der Waals surface area contributed by atoms with E-state index in [0.29, 0.717) is 11.2 Å². The lowest BCUT2D eigenvalue weighted by Gasteiger charge is -2.21. The first-order valence-corrected chi connectivity index (χ1v) is 13.3. The Balaban J connectivity index is 2.60. The molecule has 7 nitrogen and oxygen atoms in total. The number of benzene rings is 2. The van der Waals surface area contributed by atoms with Crippen molar-refractivity contribution in [2.45, 2.75) is 72.3 Å². The number of esters is 1. The highest BCUT2D eigenvalue weighted by Crippen LogP contribution is 2.44. The smallest absolute Gasteiger partial charge is 0.323 e. The van der Waals surface area contributed by atoms with Crippen LogP contribution in [0, 0.1) is 5.92 Å². The molecule has 0 unspecified atom stereocenters. The summed E-state index contributed by atoms with van der Waals surface area (Å²) in [5.74, 6) is 1.05. The van der Waals surface area contributed by atoms with Crippen LogP contribution in [0.15, 0.2) is 32.7 Å². The monoisotopic (exact) mass is 517 g/mol. The van der Waals surface area contributed by atoms with Gasteiger partial charge in [-0.05, 0) is 41.0 Å². The second kappa shape index (κ2) is 10.4. The maximum Gasteiger partial charge on any atom is 0.323 e. The van der Waals surface area contributed by atoms with E-state index in [1.807, 2.05) is 38.1 Å². The molecular formula is C28H40NO6P. The van der Waals surface area contributed by atoms with Crippen LogP contribution in [0.1, 0.15) is 66.5 Å². The number of hydrogen-bond donors (Lipinski definition) is 1. The lowest BCUT2D eigenvalue weighted by Crippen LogP contribution is -2.34. The van der Waals surface area contributed by atoms with Gasteiger partial charge in [-0.25, -0.2) is 5.09 Å². The van der Waals surface area contributed by atoms with Gasteiger partial charge in [-0.2, -0.15) is 0 Å². The third-order valence-corrected chi connectivity index (χ3v) is 7.40. The minimum Gasteiger partial charge on any atom is -0.497 e. The van der Waals surface area contributed by atoms with Gasteiger partial charge in [-0.1, -0.05) is 55.4 Å². The maximum absolute atomic E-state index is 12.6. The Morgan fingerprint density at radius 1 is 0.806 bits per heavy atom. The van der Waals surface area contributed by atoms with E-state index in [9.17, 15) is 4.79 Å². The summed E-state index contributed by atoms with van der Waals surface area (Å²) < 4.78 is 29.7. The zero-order chi connectivity index (χ0) is 27.0. The number of rotatable bonds is 6.